The third-order valence-electron chi connectivity index (χ3n) is 3.52. The predicted octanol–water partition coefficient (Wildman–Crippen LogP) is 1.33. The Bertz CT molecular complexity index is 667. The maximum Gasteiger partial charge on any atom is 0.247 e. The van der Waals surface area contributed by atoms with Crippen LogP contribution in [-0.2, 0) is 16.1 Å². The van der Waals surface area contributed by atoms with Gasteiger partial charge in [0.15, 0.2) is 0 Å². The molecule has 0 aliphatic heterocycles. The minimum atomic E-state index is -0.436. The molecule has 0 radical (unpaired) electrons. The molecular formula is C15H21N5O2S. The molecule has 0 bridgehead atoms. The van der Waals surface area contributed by atoms with Crippen molar-refractivity contribution in [1.29, 1.82) is 0 Å². The summed E-state index contributed by atoms with van der Waals surface area (Å²) >= 11 is 1.56. The highest BCUT2D eigenvalue weighted by atomic mass is 32.1. The Morgan fingerprint density at radius 3 is 2.65 bits per heavy atom. The van der Waals surface area contributed by atoms with Crippen LogP contribution in [0, 0.1) is 6.92 Å². The minimum absolute atomic E-state index is 0.0318. The second kappa shape index (κ2) is 7.36. The number of amides is 2. The SMILES string of the molecule is Cc1nc(CN(C)C(=O)CN(C)C(=O)C(C)n2cccn2)cs1. The molecule has 2 aromatic rings. The average molecular weight is 335 g/mol. The molecular weight excluding hydrogens is 314 g/mol. The summed E-state index contributed by atoms with van der Waals surface area (Å²) in [4.78, 5) is 32.0. The van der Waals surface area contributed by atoms with Gasteiger partial charge in [-0.1, -0.05) is 0 Å². The third-order valence-corrected chi connectivity index (χ3v) is 4.34. The maximum atomic E-state index is 12.3. The Morgan fingerprint density at radius 1 is 1.35 bits per heavy atom. The molecule has 124 valence electrons. The second-order valence-corrected chi connectivity index (χ2v) is 6.53. The number of hydrogen-bond donors (Lipinski definition) is 0. The van der Waals surface area contributed by atoms with Crippen molar-refractivity contribution in [1.82, 2.24) is 24.6 Å². The zero-order valence-electron chi connectivity index (χ0n) is 13.8. The van der Waals surface area contributed by atoms with Gasteiger partial charge in [-0.05, 0) is 19.9 Å². The van der Waals surface area contributed by atoms with E-state index in [0.29, 0.717) is 6.54 Å². The summed E-state index contributed by atoms with van der Waals surface area (Å²) in [6.45, 7) is 4.17. The molecule has 0 spiro atoms. The molecule has 0 fully saturated rings. The number of carbonyl (C=O) groups excluding carboxylic acids is 2. The largest absolute Gasteiger partial charge is 0.338 e. The summed E-state index contributed by atoms with van der Waals surface area (Å²) in [6, 6.07) is 1.33. The van der Waals surface area contributed by atoms with Crippen LogP contribution in [0.4, 0.5) is 0 Å². The number of hydrogen-bond acceptors (Lipinski definition) is 5. The molecule has 2 rings (SSSR count). The number of likely N-dealkylation sites (N-methyl/N-ethyl adjacent to an activating group) is 2. The van der Waals surface area contributed by atoms with Crippen LogP contribution in [0.3, 0.4) is 0 Å². The normalized spacial score (nSPS) is 12.0. The van der Waals surface area contributed by atoms with Crippen LogP contribution >= 0.6 is 11.3 Å². The van der Waals surface area contributed by atoms with Crippen molar-refractivity contribution >= 4 is 23.2 Å². The van der Waals surface area contributed by atoms with E-state index >= 15 is 0 Å². The van der Waals surface area contributed by atoms with Crippen molar-refractivity contribution in [3.63, 3.8) is 0 Å². The Hall–Kier alpha value is -2.22. The summed E-state index contributed by atoms with van der Waals surface area (Å²) in [5.41, 5.74) is 0.863. The standard InChI is InChI=1S/C15H21N5O2S/c1-11(20-7-5-6-16-20)15(22)19(4)9-14(21)18(3)8-13-10-23-12(2)17-13/h5-7,10-11H,8-9H2,1-4H3. The number of carbonyl (C=O) groups is 2. The first kappa shape index (κ1) is 17.1. The fourth-order valence-corrected chi connectivity index (χ4v) is 2.76. The first-order chi connectivity index (χ1) is 10.9. The molecule has 0 saturated carbocycles. The molecule has 0 aromatic carbocycles. The van der Waals surface area contributed by atoms with Gasteiger partial charge in [-0.25, -0.2) is 4.98 Å². The van der Waals surface area contributed by atoms with E-state index in [2.05, 4.69) is 10.1 Å². The number of nitrogens with zero attached hydrogens (tertiary/aromatic N) is 5. The lowest BCUT2D eigenvalue weighted by Gasteiger charge is -2.24. The fourth-order valence-electron chi connectivity index (χ4n) is 2.16. The Kier molecular flexibility index (Phi) is 5.49. The number of aryl methyl sites for hydroxylation is 1. The highest BCUT2D eigenvalue weighted by Crippen LogP contribution is 2.11. The van der Waals surface area contributed by atoms with Crippen molar-refractivity contribution < 1.29 is 9.59 Å². The lowest BCUT2D eigenvalue weighted by atomic mass is 10.3. The molecule has 23 heavy (non-hydrogen) atoms. The van der Waals surface area contributed by atoms with E-state index in [-0.39, 0.29) is 18.4 Å². The van der Waals surface area contributed by atoms with Crippen molar-refractivity contribution in [3.8, 4) is 0 Å². The first-order valence-electron chi connectivity index (χ1n) is 7.27. The molecule has 1 atom stereocenters. The van der Waals surface area contributed by atoms with E-state index in [1.807, 2.05) is 12.3 Å². The highest BCUT2D eigenvalue weighted by Gasteiger charge is 2.22. The quantitative estimate of drug-likeness (QED) is 0.798. The average Bonchev–Trinajstić information content (AvgIpc) is 3.17. The van der Waals surface area contributed by atoms with Crippen molar-refractivity contribution in [2.24, 2.45) is 0 Å². The first-order valence-corrected chi connectivity index (χ1v) is 8.15. The van der Waals surface area contributed by atoms with E-state index in [0.717, 1.165) is 10.7 Å². The van der Waals surface area contributed by atoms with Gasteiger partial charge in [-0.2, -0.15) is 5.10 Å². The lowest BCUT2D eigenvalue weighted by Crippen LogP contribution is -2.41. The predicted molar refractivity (Wildman–Crippen MR) is 87.9 cm³/mol. The Labute approximate surface area is 139 Å². The van der Waals surface area contributed by atoms with Gasteiger partial charge in [0.05, 0.1) is 23.8 Å². The Balaban J connectivity index is 1.89. The molecule has 0 aliphatic rings. The molecule has 1 unspecified atom stereocenters. The van der Waals surface area contributed by atoms with Gasteiger partial charge in [0.25, 0.3) is 0 Å². The lowest BCUT2D eigenvalue weighted by molar-refractivity contribution is -0.140. The van der Waals surface area contributed by atoms with Crippen LogP contribution in [0.25, 0.3) is 0 Å². The fraction of sp³-hybridized carbons (Fsp3) is 0.467. The van der Waals surface area contributed by atoms with E-state index in [1.165, 1.54) is 4.90 Å². The van der Waals surface area contributed by atoms with Gasteiger partial charge in [-0.15, -0.1) is 11.3 Å². The molecule has 0 aliphatic carbocycles. The van der Waals surface area contributed by atoms with Crippen molar-refractivity contribution in [3.05, 3.63) is 34.5 Å². The topological polar surface area (TPSA) is 71.3 Å². The van der Waals surface area contributed by atoms with Gasteiger partial charge in [0, 0.05) is 31.9 Å². The van der Waals surface area contributed by atoms with E-state index in [1.54, 1.807) is 60.4 Å². The van der Waals surface area contributed by atoms with Crippen molar-refractivity contribution in [2.45, 2.75) is 26.4 Å². The zero-order chi connectivity index (χ0) is 17.0. The maximum absolute atomic E-state index is 12.3. The second-order valence-electron chi connectivity index (χ2n) is 5.46. The number of aromatic nitrogens is 3. The van der Waals surface area contributed by atoms with Gasteiger partial charge in [0.1, 0.15) is 6.04 Å². The van der Waals surface area contributed by atoms with Gasteiger partial charge in [0.2, 0.25) is 11.8 Å². The van der Waals surface area contributed by atoms with Crippen LogP contribution in [-0.4, -0.2) is 57.0 Å². The molecule has 0 saturated heterocycles. The van der Waals surface area contributed by atoms with Crippen molar-refractivity contribution in [2.75, 3.05) is 20.6 Å². The molecule has 2 heterocycles. The Morgan fingerprint density at radius 2 is 2.09 bits per heavy atom. The van der Waals surface area contributed by atoms with Crippen LogP contribution in [0.15, 0.2) is 23.8 Å². The molecule has 2 aromatic heterocycles. The summed E-state index contributed by atoms with van der Waals surface area (Å²) in [7, 11) is 3.34. The van der Waals surface area contributed by atoms with Gasteiger partial charge >= 0.3 is 0 Å². The van der Waals surface area contributed by atoms with Crippen LogP contribution in [0.2, 0.25) is 0 Å². The van der Waals surface area contributed by atoms with Gasteiger partial charge < -0.3 is 9.80 Å². The smallest absolute Gasteiger partial charge is 0.247 e. The molecule has 0 N–H and O–H groups in total. The molecule has 7 nitrogen and oxygen atoms in total. The van der Waals surface area contributed by atoms with E-state index in [9.17, 15) is 9.59 Å². The number of rotatable bonds is 6. The summed E-state index contributed by atoms with van der Waals surface area (Å²) in [5, 5.41) is 6.97. The van der Waals surface area contributed by atoms with Crippen LogP contribution < -0.4 is 0 Å². The van der Waals surface area contributed by atoms with Crippen LogP contribution in [0.1, 0.15) is 23.7 Å². The highest BCUT2D eigenvalue weighted by molar-refractivity contribution is 7.09. The zero-order valence-corrected chi connectivity index (χ0v) is 14.6. The summed E-state index contributed by atoms with van der Waals surface area (Å²) in [5.74, 6) is -0.279. The van der Waals surface area contributed by atoms with E-state index < -0.39 is 6.04 Å². The minimum Gasteiger partial charge on any atom is -0.338 e. The van der Waals surface area contributed by atoms with Crippen LogP contribution in [0.5, 0.6) is 0 Å². The summed E-state index contributed by atoms with van der Waals surface area (Å²) < 4.78 is 1.57. The van der Waals surface area contributed by atoms with Gasteiger partial charge in [-0.3, -0.25) is 14.3 Å². The van der Waals surface area contributed by atoms with E-state index in [4.69, 9.17) is 0 Å². The molecule has 2 amide bonds. The number of thiazole rings is 1. The monoisotopic (exact) mass is 335 g/mol. The summed E-state index contributed by atoms with van der Waals surface area (Å²) in [6.07, 6.45) is 3.35. The third kappa shape index (κ3) is 4.38. The molecule has 8 heteroatoms.